The van der Waals surface area contributed by atoms with Crippen LogP contribution in [-0.4, -0.2) is 52.8 Å². The van der Waals surface area contributed by atoms with Crippen LogP contribution in [0.1, 0.15) is 38.6 Å². The maximum absolute atomic E-state index is 5.75. The van der Waals surface area contributed by atoms with Crippen LogP contribution in [0.2, 0.25) is 0 Å². The summed E-state index contributed by atoms with van der Waals surface area (Å²) in [5.74, 6) is 1.78. The largest absolute Gasteiger partial charge is 0.370 e. The average Bonchev–Trinajstić information content (AvgIpc) is 3.09. The number of aromatic nitrogens is 3. The zero-order chi connectivity index (χ0) is 17.6. The SMILES string of the molecule is CC(C)COC(C)c1noc(CN2CCN(c3ccncc3)CC2)n1. The molecule has 2 aromatic rings. The fourth-order valence-corrected chi connectivity index (χ4v) is 2.82. The van der Waals surface area contributed by atoms with Crippen LogP contribution in [0.15, 0.2) is 29.0 Å². The molecule has 1 unspecified atom stereocenters. The summed E-state index contributed by atoms with van der Waals surface area (Å²) in [6, 6.07) is 4.11. The number of hydrogen-bond acceptors (Lipinski definition) is 7. The first-order valence-electron chi connectivity index (χ1n) is 8.93. The van der Waals surface area contributed by atoms with E-state index in [0.717, 1.165) is 26.2 Å². The predicted octanol–water partition coefficient (Wildman–Crippen LogP) is 2.52. The zero-order valence-electron chi connectivity index (χ0n) is 15.3. The third kappa shape index (κ3) is 4.99. The highest BCUT2D eigenvalue weighted by Crippen LogP contribution is 2.17. The summed E-state index contributed by atoms with van der Waals surface area (Å²) in [6.45, 7) is 11.5. The Morgan fingerprint density at radius 2 is 1.84 bits per heavy atom. The molecule has 0 radical (unpaired) electrons. The molecule has 2 aromatic heterocycles. The molecule has 3 heterocycles. The van der Waals surface area contributed by atoms with E-state index in [2.05, 4.69) is 50.9 Å². The number of nitrogens with zero attached hydrogens (tertiary/aromatic N) is 5. The molecule has 136 valence electrons. The highest BCUT2D eigenvalue weighted by molar-refractivity contribution is 5.44. The summed E-state index contributed by atoms with van der Waals surface area (Å²) in [5, 5.41) is 4.07. The molecule has 3 rings (SSSR count). The zero-order valence-corrected chi connectivity index (χ0v) is 15.3. The van der Waals surface area contributed by atoms with Gasteiger partial charge in [0.1, 0.15) is 6.10 Å². The maximum Gasteiger partial charge on any atom is 0.240 e. The lowest BCUT2D eigenvalue weighted by molar-refractivity contribution is 0.0402. The molecule has 7 heteroatoms. The fourth-order valence-electron chi connectivity index (χ4n) is 2.82. The van der Waals surface area contributed by atoms with Crippen LogP contribution in [0.4, 0.5) is 5.69 Å². The van der Waals surface area contributed by atoms with E-state index in [1.165, 1.54) is 5.69 Å². The minimum absolute atomic E-state index is 0.136. The standard InChI is InChI=1S/C18H27N5O2/c1-14(2)13-24-15(3)18-20-17(25-21-18)12-22-8-10-23(11-9-22)16-4-6-19-7-5-16/h4-7,14-15H,8-13H2,1-3H3. The minimum atomic E-state index is -0.136. The lowest BCUT2D eigenvalue weighted by atomic mass is 10.2. The smallest absolute Gasteiger partial charge is 0.240 e. The Hall–Kier alpha value is -1.99. The second kappa shape index (κ2) is 8.40. The molecular formula is C18H27N5O2. The van der Waals surface area contributed by atoms with E-state index in [1.54, 1.807) is 0 Å². The summed E-state index contributed by atoms with van der Waals surface area (Å²) in [4.78, 5) is 13.3. The highest BCUT2D eigenvalue weighted by Gasteiger charge is 2.21. The van der Waals surface area contributed by atoms with E-state index in [4.69, 9.17) is 9.26 Å². The van der Waals surface area contributed by atoms with Crippen molar-refractivity contribution < 1.29 is 9.26 Å². The molecule has 0 bridgehead atoms. The molecule has 0 aromatic carbocycles. The monoisotopic (exact) mass is 345 g/mol. The third-order valence-electron chi connectivity index (χ3n) is 4.29. The lowest BCUT2D eigenvalue weighted by Gasteiger charge is -2.35. The van der Waals surface area contributed by atoms with Gasteiger partial charge in [-0.3, -0.25) is 9.88 Å². The Balaban J connectivity index is 1.48. The van der Waals surface area contributed by atoms with Crippen molar-refractivity contribution in [2.45, 2.75) is 33.4 Å². The Morgan fingerprint density at radius 1 is 1.12 bits per heavy atom. The van der Waals surface area contributed by atoms with Gasteiger partial charge in [0.25, 0.3) is 0 Å². The van der Waals surface area contributed by atoms with Gasteiger partial charge in [-0.05, 0) is 25.0 Å². The van der Waals surface area contributed by atoms with Crippen molar-refractivity contribution in [3.63, 3.8) is 0 Å². The van der Waals surface area contributed by atoms with Gasteiger partial charge in [0.15, 0.2) is 5.82 Å². The van der Waals surface area contributed by atoms with E-state index in [9.17, 15) is 0 Å². The van der Waals surface area contributed by atoms with Crippen molar-refractivity contribution in [3.05, 3.63) is 36.2 Å². The van der Waals surface area contributed by atoms with Gasteiger partial charge >= 0.3 is 0 Å². The van der Waals surface area contributed by atoms with Gasteiger partial charge in [-0.15, -0.1) is 0 Å². The molecule has 0 N–H and O–H groups in total. The average molecular weight is 345 g/mol. The minimum Gasteiger partial charge on any atom is -0.370 e. The van der Waals surface area contributed by atoms with Crippen molar-refractivity contribution in [1.82, 2.24) is 20.0 Å². The van der Waals surface area contributed by atoms with Crippen LogP contribution < -0.4 is 4.90 Å². The summed E-state index contributed by atoms with van der Waals surface area (Å²) in [6.07, 6.45) is 3.54. The fraction of sp³-hybridized carbons (Fsp3) is 0.611. The summed E-state index contributed by atoms with van der Waals surface area (Å²) >= 11 is 0. The molecule has 1 fully saturated rings. The lowest BCUT2D eigenvalue weighted by Crippen LogP contribution is -2.46. The number of anilines is 1. The molecule has 1 aliphatic heterocycles. The molecule has 0 amide bonds. The molecule has 1 saturated heterocycles. The Bertz CT molecular complexity index is 638. The number of piperazine rings is 1. The van der Waals surface area contributed by atoms with Crippen LogP contribution >= 0.6 is 0 Å². The van der Waals surface area contributed by atoms with Crippen LogP contribution in [0.3, 0.4) is 0 Å². The van der Waals surface area contributed by atoms with Crippen molar-refractivity contribution in [1.29, 1.82) is 0 Å². The van der Waals surface area contributed by atoms with Gasteiger partial charge < -0.3 is 14.2 Å². The first-order chi connectivity index (χ1) is 12.1. The van der Waals surface area contributed by atoms with E-state index in [-0.39, 0.29) is 6.10 Å². The molecule has 7 nitrogen and oxygen atoms in total. The molecule has 0 aliphatic carbocycles. The summed E-state index contributed by atoms with van der Waals surface area (Å²) in [7, 11) is 0. The number of rotatable bonds is 7. The first-order valence-corrected chi connectivity index (χ1v) is 8.93. The first kappa shape index (κ1) is 17.8. The van der Waals surface area contributed by atoms with Gasteiger partial charge in [-0.25, -0.2) is 0 Å². The van der Waals surface area contributed by atoms with Crippen molar-refractivity contribution >= 4 is 5.69 Å². The Labute approximate surface area is 149 Å². The molecule has 0 spiro atoms. The maximum atomic E-state index is 5.75. The quantitative estimate of drug-likeness (QED) is 0.764. The number of pyridine rings is 1. The second-order valence-corrected chi connectivity index (χ2v) is 6.88. The van der Waals surface area contributed by atoms with Gasteiger partial charge in [0.2, 0.25) is 5.89 Å². The topological polar surface area (TPSA) is 67.5 Å². The molecule has 1 aliphatic rings. The van der Waals surface area contributed by atoms with Crippen LogP contribution in [0.5, 0.6) is 0 Å². The summed E-state index contributed by atoms with van der Waals surface area (Å²) in [5.41, 5.74) is 1.23. The van der Waals surface area contributed by atoms with E-state index < -0.39 is 0 Å². The Kier molecular flexibility index (Phi) is 5.99. The van der Waals surface area contributed by atoms with Gasteiger partial charge in [0, 0.05) is 50.9 Å². The summed E-state index contributed by atoms with van der Waals surface area (Å²) < 4.78 is 11.1. The highest BCUT2D eigenvalue weighted by atomic mass is 16.5. The van der Waals surface area contributed by atoms with Crippen molar-refractivity contribution in [2.75, 3.05) is 37.7 Å². The van der Waals surface area contributed by atoms with E-state index in [1.807, 2.05) is 19.3 Å². The normalized spacial score (nSPS) is 17.2. The molecule has 0 saturated carbocycles. The van der Waals surface area contributed by atoms with Gasteiger partial charge in [-0.2, -0.15) is 4.98 Å². The number of ether oxygens (including phenoxy) is 1. The molecule has 1 atom stereocenters. The Morgan fingerprint density at radius 3 is 2.52 bits per heavy atom. The van der Waals surface area contributed by atoms with Crippen LogP contribution in [-0.2, 0) is 11.3 Å². The van der Waals surface area contributed by atoms with Crippen molar-refractivity contribution in [3.8, 4) is 0 Å². The van der Waals surface area contributed by atoms with Crippen LogP contribution in [0, 0.1) is 5.92 Å². The molecular weight excluding hydrogens is 318 g/mol. The third-order valence-corrected chi connectivity index (χ3v) is 4.29. The van der Waals surface area contributed by atoms with Crippen LogP contribution in [0.25, 0.3) is 0 Å². The molecule has 25 heavy (non-hydrogen) atoms. The van der Waals surface area contributed by atoms with E-state index >= 15 is 0 Å². The second-order valence-electron chi connectivity index (χ2n) is 6.88. The number of hydrogen-bond donors (Lipinski definition) is 0. The van der Waals surface area contributed by atoms with Gasteiger partial charge in [-0.1, -0.05) is 19.0 Å². The predicted molar refractivity (Wildman–Crippen MR) is 95.2 cm³/mol. The van der Waals surface area contributed by atoms with E-state index in [0.29, 0.717) is 30.8 Å². The van der Waals surface area contributed by atoms with Gasteiger partial charge in [0.05, 0.1) is 6.54 Å². The van der Waals surface area contributed by atoms with Crippen molar-refractivity contribution in [2.24, 2.45) is 5.92 Å².